The minimum Gasteiger partial charge on any atom is -0.465 e. The standard InChI is InChI=1S/C15H21N3O2/c1-15(2,3)14(19)20-9-8-13(16)18-10-11-6-4-5-7-12(11)17-18/h4-7,10,13H,8-9,16H2,1-3H3. The van der Waals surface area contributed by atoms with Gasteiger partial charge in [0.1, 0.15) is 6.17 Å². The third kappa shape index (κ3) is 3.36. The average Bonchev–Trinajstić information content (AvgIpc) is 2.81. The van der Waals surface area contributed by atoms with Crippen LogP contribution in [0.4, 0.5) is 0 Å². The summed E-state index contributed by atoms with van der Waals surface area (Å²) in [5.41, 5.74) is 6.49. The summed E-state index contributed by atoms with van der Waals surface area (Å²) >= 11 is 0. The Hall–Kier alpha value is -1.88. The Kier molecular flexibility index (Phi) is 4.09. The van der Waals surface area contributed by atoms with Gasteiger partial charge in [0, 0.05) is 18.0 Å². The summed E-state index contributed by atoms with van der Waals surface area (Å²) in [7, 11) is 0. The number of nitrogens with two attached hydrogens (primary N) is 1. The van der Waals surface area contributed by atoms with E-state index in [1.807, 2.05) is 51.2 Å². The van der Waals surface area contributed by atoms with E-state index in [1.165, 1.54) is 0 Å². The van der Waals surface area contributed by atoms with Gasteiger partial charge >= 0.3 is 5.97 Å². The third-order valence-electron chi connectivity index (χ3n) is 3.03. The number of rotatable bonds is 4. The Morgan fingerprint density at radius 1 is 1.40 bits per heavy atom. The molecule has 0 aliphatic heterocycles. The molecule has 0 fully saturated rings. The van der Waals surface area contributed by atoms with Crippen molar-refractivity contribution >= 4 is 16.9 Å². The smallest absolute Gasteiger partial charge is 0.311 e. The van der Waals surface area contributed by atoms with Crippen LogP contribution in [-0.4, -0.2) is 22.4 Å². The highest BCUT2D eigenvalue weighted by Crippen LogP contribution is 2.17. The molecular formula is C15H21N3O2. The monoisotopic (exact) mass is 275 g/mol. The van der Waals surface area contributed by atoms with E-state index >= 15 is 0 Å². The molecule has 0 radical (unpaired) electrons. The summed E-state index contributed by atoms with van der Waals surface area (Å²) < 4.78 is 6.93. The molecule has 2 N–H and O–H groups in total. The number of benzene rings is 1. The Morgan fingerprint density at radius 2 is 2.10 bits per heavy atom. The van der Waals surface area contributed by atoms with E-state index in [2.05, 4.69) is 5.10 Å². The summed E-state index contributed by atoms with van der Waals surface area (Å²) in [5, 5.41) is 5.46. The highest BCUT2D eigenvalue weighted by atomic mass is 16.5. The van der Waals surface area contributed by atoms with E-state index in [0.29, 0.717) is 13.0 Å². The number of carbonyl (C=O) groups excluding carboxylic acids is 1. The fraction of sp³-hybridized carbons (Fsp3) is 0.467. The van der Waals surface area contributed by atoms with Gasteiger partial charge in [-0.3, -0.25) is 9.48 Å². The zero-order valence-electron chi connectivity index (χ0n) is 12.2. The second-order valence-electron chi connectivity index (χ2n) is 5.91. The lowest BCUT2D eigenvalue weighted by Gasteiger charge is -2.18. The first-order chi connectivity index (χ1) is 9.38. The van der Waals surface area contributed by atoms with E-state index in [1.54, 1.807) is 4.68 Å². The predicted octanol–water partition coefficient (Wildman–Crippen LogP) is 2.47. The third-order valence-corrected chi connectivity index (χ3v) is 3.03. The van der Waals surface area contributed by atoms with Gasteiger partial charge in [0.05, 0.1) is 17.5 Å². The number of ether oxygens (including phenoxy) is 1. The molecule has 1 aromatic carbocycles. The van der Waals surface area contributed by atoms with Crippen LogP contribution in [0.1, 0.15) is 33.4 Å². The Bertz CT molecular complexity index is 565. The zero-order chi connectivity index (χ0) is 14.8. The van der Waals surface area contributed by atoms with Crippen molar-refractivity contribution in [3.05, 3.63) is 30.5 Å². The predicted molar refractivity (Wildman–Crippen MR) is 78.0 cm³/mol. The largest absolute Gasteiger partial charge is 0.465 e. The SMILES string of the molecule is CC(C)(C)C(=O)OCCC(N)n1cc2ccccc2n1. The number of esters is 1. The molecule has 0 saturated heterocycles. The minimum atomic E-state index is -0.482. The lowest BCUT2D eigenvalue weighted by atomic mass is 9.97. The molecule has 0 amide bonds. The van der Waals surface area contributed by atoms with Crippen LogP contribution >= 0.6 is 0 Å². The number of hydrogen-bond acceptors (Lipinski definition) is 4. The summed E-state index contributed by atoms with van der Waals surface area (Å²) in [6.07, 6.45) is 2.15. The molecular weight excluding hydrogens is 254 g/mol. The van der Waals surface area contributed by atoms with Crippen molar-refractivity contribution in [2.45, 2.75) is 33.4 Å². The lowest BCUT2D eigenvalue weighted by molar-refractivity contribution is -0.153. The molecule has 108 valence electrons. The molecule has 1 heterocycles. The second kappa shape index (κ2) is 5.63. The summed E-state index contributed by atoms with van der Waals surface area (Å²) in [6, 6.07) is 7.84. The van der Waals surface area contributed by atoms with Crippen LogP contribution in [0, 0.1) is 5.41 Å². The maximum atomic E-state index is 11.6. The van der Waals surface area contributed by atoms with Crippen LogP contribution in [0.15, 0.2) is 30.5 Å². The topological polar surface area (TPSA) is 70.1 Å². The molecule has 1 unspecified atom stereocenters. The van der Waals surface area contributed by atoms with Gasteiger partial charge in [0.25, 0.3) is 0 Å². The molecule has 1 aromatic heterocycles. The molecule has 2 rings (SSSR count). The quantitative estimate of drug-likeness (QED) is 0.870. The Morgan fingerprint density at radius 3 is 2.75 bits per heavy atom. The van der Waals surface area contributed by atoms with Crippen molar-refractivity contribution < 1.29 is 9.53 Å². The van der Waals surface area contributed by atoms with E-state index in [9.17, 15) is 4.79 Å². The number of carbonyl (C=O) groups is 1. The summed E-state index contributed by atoms with van der Waals surface area (Å²) in [4.78, 5) is 11.6. The van der Waals surface area contributed by atoms with Crippen LogP contribution in [0.25, 0.3) is 10.9 Å². The van der Waals surface area contributed by atoms with Crippen LogP contribution < -0.4 is 5.73 Å². The molecule has 20 heavy (non-hydrogen) atoms. The van der Waals surface area contributed by atoms with Gasteiger partial charge < -0.3 is 10.5 Å². The number of aromatic nitrogens is 2. The first-order valence-corrected chi connectivity index (χ1v) is 6.74. The molecule has 5 heteroatoms. The van der Waals surface area contributed by atoms with Gasteiger partial charge in [-0.1, -0.05) is 18.2 Å². The van der Waals surface area contributed by atoms with Gasteiger partial charge in [-0.05, 0) is 26.8 Å². The van der Waals surface area contributed by atoms with Crippen molar-refractivity contribution in [1.82, 2.24) is 9.78 Å². The Balaban J connectivity index is 1.92. The van der Waals surface area contributed by atoms with Crippen molar-refractivity contribution in [2.75, 3.05) is 6.61 Å². The van der Waals surface area contributed by atoms with Gasteiger partial charge in [0.15, 0.2) is 0 Å². The molecule has 0 aliphatic rings. The molecule has 5 nitrogen and oxygen atoms in total. The second-order valence-corrected chi connectivity index (χ2v) is 5.91. The molecule has 2 aromatic rings. The molecule has 0 aliphatic carbocycles. The normalized spacial score (nSPS) is 13.4. The fourth-order valence-corrected chi connectivity index (χ4v) is 1.77. The van der Waals surface area contributed by atoms with Gasteiger partial charge in [-0.25, -0.2) is 0 Å². The number of hydrogen-bond donors (Lipinski definition) is 1. The van der Waals surface area contributed by atoms with E-state index in [0.717, 1.165) is 10.9 Å². The highest BCUT2D eigenvalue weighted by Gasteiger charge is 2.23. The van der Waals surface area contributed by atoms with Crippen molar-refractivity contribution in [2.24, 2.45) is 11.1 Å². The maximum absolute atomic E-state index is 11.6. The number of nitrogens with zero attached hydrogens (tertiary/aromatic N) is 2. The summed E-state index contributed by atoms with van der Waals surface area (Å²) in [6.45, 7) is 5.79. The van der Waals surface area contributed by atoms with E-state index < -0.39 is 5.41 Å². The molecule has 1 atom stereocenters. The first kappa shape index (κ1) is 14.5. The van der Waals surface area contributed by atoms with Gasteiger partial charge in [-0.2, -0.15) is 5.10 Å². The fourth-order valence-electron chi connectivity index (χ4n) is 1.77. The van der Waals surface area contributed by atoms with Gasteiger partial charge in [0.2, 0.25) is 0 Å². The van der Waals surface area contributed by atoms with E-state index in [4.69, 9.17) is 10.5 Å². The van der Waals surface area contributed by atoms with Crippen LogP contribution in [0.2, 0.25) is 0 Å². The first-order valence-electron chi connectivity index (χ1n) is 6.74. The lowest BCUT2D eigenvalue weighted by Crippen LogP contribution is -2.26. The van der Waals surface area contributed by atoms with Gasteiger partial charge in [-0.15, -0.1) is 0 Å². The van der Waals surface area contributed by atoms with Crippen molar-refractivity contribution in [3.63, 3.8) is 0 Å². The summed E-state index contributed by atoms with van der Waals surface area (Å²) in [5.74, 6) is -0.213. The molecule has 0 spiro atoms. The van der Waals surface area contributed by atoms with Crippen molar-refractivity contribution in [1.29, 1.82) is 0 Å². The Labute approximate surface area is 118 Å². The average molecular weight is 275 g/mol. The number of fused-ring (bicyclic) bond motifs is 1. The zero-order valence-corrected chi connectivity index (χ0v) is 12.2. The maximum Gasteiger partial charge on any atom is 0.311 e. The van der Waals surface area contributed by atoms with Crippen LogP contribution in [-0.2, 0) is 9.53 Å². The van der Waals surface area contributed by atoms with Crippen molar-refractivity contribution in [3.8, 4) is 0 Å². The van der Waals surface area contributed by atoms with Crippen LogP contribution in [0.5, 0.6) is 0 Å². The highest BCUT2D eigenvalue weighted by molar-refractivity contribution is 5.77. The molecule has 0 saturated carbocycles. The molecule has 0 bridgehead atoms. The van der Waals surface area contributed by atoms with E-state index in [-0.39, 0.29) is 12.1 Å². The van der Waals surface area contributed by atoms with Crippen LogP contribution in [0.3, 0.4) is 0 Å². The minimum absolute atomic E-state index is 0.213.